The van der Waals surface area contributed by atoms with Crippen LogP contribution < -0.4 is 0 Å². The van der Waals surface area contributed by atoms with Gasteiger partial charge < -0.3 is 9.33 Å². The van der Waals surface area contributed by atoms with Crippen molar-refractivity contribution in [1.82, 2.24) is 4.90 Å². The molecule has 1 aromatic rings. The number of amides is 1. The van der Waals surface area contributed by atoms with Crippen molar-refractivity contribution >= 4 is 25.8 Å². The smallest absolute Gasteiger partial charge is 0.241 e. The van der Waals surface area contributed by atoms with E-state index >= 15 is 0 Å². The lowest BCUT2D eigenvalue weighted by Crippen LogP contribution is -2.48. The van der Waals surface area contributed by atoms with Gasteiger partial charge in [0.1, 0.15) is 5.38 Å². The average molecular weight is 394 g/mol. The van der Waals surface area contributed by atoms with Crippen molar-refractivity contribution in [3.8, 4) is 0 Å². The van der Waals surface area contributed by atoms with Crippen LogP contribution in [0.3, 0.4) is 0 Å². The van der Waals surface area contributed by atoms with Gasteiger partial charge in [-0.05, 0) is 36.5 Å². The Hall–Kier alpha value is -1.10. The van der Waals surface area contributed by atoms with Crippen LogP contribution >= 0.6 is 11.6 Å². The third-order valence-electron chi connectivity index (χ3n) is 5.40. The number of carbonyl (C=O) groups excluding carboxylic acids is 1. The molecular weight excluding hydrogens is 362 g/mol. The molecule has 26 heavy (non-hydrogen) atoms. The maximum atomic E-state index is 12.9. The van der Waals surface area contributed by atoms with Crippen LogP contribution in [0.2, 0.25) is 18.1 Å². The first-order chi connectivity index (χ1) is 12.1. The monoisotopic (exact) mass is 393 g/mol. The van der Waals surface area contributed by atoms with Crippen LogP contribution in [0.15, 0.2) is 42.5 Å². The first-order valence-electron chi connectivity index (χ1n) is 9.40. The second-order valence-corrected chi connectivity index (χ2v) is 13.9. The summed E-state index contributed by atoms with van der Waals surface area (Å²) in [5.41, 5.74) is 1.11. The number of benzene rings is 1. The molecule has 1 amide bonds. The average Bonchev–Trinajstić information content (AvgIpc) is 2.61. The minimum atomic E-state index is -1.91. The van der Waals surface area contributed by atoms with Crippen molar-refractivity contribution < 1.29 is 9.22 Å². The van der Waals surface area contributed by atoms with Gasteiger partial charge in [0.15, 0.2) is 8.32 Å². The van der Waals surface area contributed by atoms with E-state index in [1.807, 2.05) is 41.3 Å². The predicted octanol–water partition coefficient (Wildman–Crippen LogP) is 5.36. The van der Waals surface area contributed by atoms with Crippen molar-refractivity contribution in [2.45, 2.75) is 69.8 Å². The van der Waals surface area contributed by atoms with Crippen LogP contribution in [0.1, 0.15) is 39.2 Å². The summed E-state index contributed by atoms with van der Waals surface area (Å²) in [5.74, 6) is -0.00842. The van der Waals surface area contributed by atoms with Gasteiger partial charge in [-0.1, -0.05) is 63.3 Å². The van der Waals surface area contributed by atoms with Crippen molar-refractivity contribution in [3.05, 3.63) is 48.0 Å². The molecule has 0 saturated heterocycles. The minimum Gasteiger partial charge on any atom is -0.412 e. The Morgan fingerprint density at radius 1 is 1.15 bits per heavy atom. The van der Waals surface area contributed by atoms with Gasteiger partial charge >= 0.3 is 0 Å². The number of alkyl halides is 1. The largest absolute Gasteiger partial charge is 0.412 e. The van der Waals surface area contributed by atoms with E-state index in [4.69, 9.17) is 16.0 Å². The van der Waals surface area contributed by atoms with Crippen LogP contribution in [0.5, 0.6) is 0 Å². The van der Waals surface area contributed by atoms with Crippen molar-refractivity contribution in [1.29, 1.82) is 0 Å². The van der Waals surface area contributed by atoms with Gasteiger partial charge in [0.25, 0.3) is 0 Å². The van der Waals surface area contributed by atoms with Gasteiger partial charge in [0, 0.05) is 13.1 Å². The summed E-state index contributed by atoms with van der Waals surface area (Å²) in [6.45, 7) is 12.4. The summed E-state index contributed by atoms with van der Waals surface area (Å²) < 4.78 is 6.64. The van der Waals surface area contributed by atoms with E-state index in [0.29, 0.717) is 19.5 Å². The minimum absolute atomic E-state index is 0.00164. The topological polar surface area (TPSA) is 29.5 Å². The SMILES string of the molecule is CC(C)(C)[Si](C)(C)O[C@@H]1C/C=C/C[C@@H](Cl)C(=O)N(Cc2ccccc2)C1. The van der Waals surface area contributed by atoms with Crippen molar-refractivity contribution in [3.63, 3.8) is 0 Å². The third kappa shape index (κ3) is 5.70. The number of hydrogen-bond donors (Lipinski definition) is 0. The lowest BCUT2D eigenvalue weighted by Gasteiger charge is -2.40. The Kier molecular flexibility index (Phi) is 7.11. The molecule has 0 spiro atoms. The number of halogens is 1. The molecule has 0 saturated carbocycles. The van der Waals surface area contributed by atoms with E-state index in [1.165, 1.54) is 0 Å². The summed E-state index contributed by atoms with van der Waals surface area (Å²) in [6, 6.07) is 10.1. The van der Waals surface area contributed by atoms with Crippen molar-refractivity contribution in [2.75, 3.05) is 6.54 Å². The fourth-order valence-corrected chi connectivity index (χ4v) is 4.40. The third-order valence-corrected chi connectivity index (χ3v) is 10.3. The molecule has 0 N–H and O–H groups in total. The van der Waals surface area contributed by atoms with Gasteiger partial charge in [-0.25, -0.2) is 0 Å². The lowest BCUT2D eigenvalue weighted by atomic mass is 10.2. The molecule has 0 radical (unpaired) electrons. The molecule has 0 fully saturated rings. The molecular formula is C21H32ClNO2Si. The van der Waals surface area contributed by atoms with Gasteiger partial charge in [-0.15, -0.1) is 11.6 Å². The molecule has 0 aliphatic carbocycles. The molecule has 144 valence electrons. The highest BCUT2D eigenvalue weighted by Crippen LogP contribution is 2.38. The Morgan fingerprint density at radius 3 is 2.38 bits per heavy atom. The van der Waals surface area contributed by atoms with Gasteiger partial charge in [0.05, 0.1) is 6.10 Å². The summed E-state index contributed by atoms with van der Waals surface area (Å²) in [6.07, 6.45) is 5.52. The normalized spacial score (nSPS) is 23.9. The van der Waals surface area contributed by atoms with Crippen LogP contribution in [0, 0.1) is 0 Å². The maximum Gasteiger partial charge on any atom is 0.241 e. The van der Waals surface area contributed by atoms with Crippen molar-refractivity contribution in [2.24, 2.45) is 0 Å². The Bertz CT molecular complexity index is 625. The Balaban J connectivity index is 2.21. The quantitative estimate of drug-likeness (QED) is 0.391. The van der Waals surface area contributed by atoms with Crippen LogP contribution in [0.4, 0.5) is 0 Å². The summed E-state index contributed by atoms with van der Waals surface area (Å²) in [7, 11) is -1.91. The molecule has 5 heteroatoms. The molecule has 1 aromatic carbocycles. The molecule has 0 bridgehead atoms. The highest BCUT2D eigenvalue weighted by molar-refractivity contribution is 6.74. The van der Waals surface area contributed by atoms with Crippen LogP contribution in [0.25, 0.3) is 0 Å². The highest BCUT2D eigenvalue weighted by atomic mass is 35.5. The zero-order valence-corrected chi connectivity index (χ0v) is 18.4. The summed E-state index contributed by atoms with van der Waals surface area (Å²) in [4.78, 5) is 14.8. The first kappa shape index (κ1) is 21.2. The fourth-order valence-electron chi connectivity index (χ4n) is 2.80. The van der Waals surface area contributed by atoms with Gasteiger partial charge in [-0.2, -0.15) is 0 Å². The molecule has 1 aliphatic heterocycles. The highest BCUT2D eigenvalue weighted by Gasteiger charge is 2.39. The molecule has 3 nitrogen and oxygen atoms in total. The second kappa shape index (κ2) is 8.72. The lowest BCUT2D eigenvalue weighted by molar-refractivity contribution is -0.132. The van der Waals surface area contributed by atoms with E-state index in [0.717, 1.165) is 12.0 Å². The number of hydrogen-bond acceptors (Lipinski definition) is 2. The maximum absolute atomic E-state index is 12.9. The Labute approximate surface area is 164 Å². The van der Waals surface area contributed by atoms with Crippen LogP contribution in [-0.4, -0.2) is 37.2 Å². The van der Waals surface area contributed by atoms with E-state index in [2.05, 4.69) is 39.9 Å². The molecule has 1 aliphatic rings. The number of rotatable bonds is 4. The number of carbonyl (C=O) groups is 1. The van der Waals surface area contributed by atoms with E-state index in [-0.39, 0.29) is 17.0 Å². The predicted molar refractivity (Wildman–Crippen MR) is 112 cm³/mol. The molecule has 2 atom stereocenters. The Morgan fingerprint density at radius 2 is 1.77 bits per heavy atom. The zero-order chi connectivity index (χ0) is 19.4. The number of allylic oxidation sites excluding steroid dienone is 1. The van der Waals surface area contributed by atoms with E-state index in [1.54, 1.807) is 0 Å². The van der Waals surface area contributed by atoms with E-state index < -0.39 is 13.7 Å². The zero-order valence-electron chi connectivity index (χ0n) is 16.7. The van der Waals surface area contributed by atoms with Gasteiger partial charge in [-0.3, -0.25) is 4.79 Å². The number of nitrogens with zero attached hydrogens (tertiary/aromatic N) is 1. The first-order valence-corrected chi connectivity index (χ1v) is 12.7. The molecule has 0 unspecified atom stereocenters. The summed E-state index contributed by atoms with van der Waals surface area (Å²) in [5, 5.41) is -0.375. The van der Waals surface area contributed by atoms with E-state index in [9.17, 15) is 4.79 Å². The second-order valence-electron chi connectivity index (χ2n) is 8.61. The molecule has 0 aromatic heterocycles. The fraction of sp³-hybridized carbons (Fsp3) is 0.571. The standard InChI is InChI=1S/C21H32ClNO2Si/c1-21(2,3)26(4,5)25-18-13-9-10-14-19(22)20(24)23(16-18)15-17-11-7-6-8-12-17/h6-12,18-19H,13-16H2,1-5H3/b10-9+/t18-,19-/m1/s1. The molecule has 2 rings (SSSR count). The van der Waals surface area contributed by atoms with Gasteiger partial charge in [0.2, 0.25) is 5.91 Å². The van der Waals surface area contributed by atoms with Crippen LogP contribution in [-0.2, 0) is 15.8 Å². The molecule has 1 heterocycles. The summed E-state index contributed by atoms with van der Waals surface area (Å²) >= 11 is 6.36.